The lowest BCUT2D eigenvalue weighted by Gasteiger charge is -2.12. The van der Waals surface area contributed by atoms with Gasteiger partial charge in [0.25, 0.3) is 17.0 Å². The van der Waals surface area contributed by atoms with Gasteiger partial charge in [-0.15, -0.1) is 16.6 Å². The highest BCUT2D eigenvalue weighted by atomic mass is 35.5. The summed E-state index contributed by atoms with van der Waals surface area (Å²) in [6.07, 6.45) is 6.66. The molecule has 0 aliphatic carbocycles. The summed E-state index contributed by atoms with van der Waals surface area (Å²) >= 11 is 19.2. The van der Waals surface area contributed by atoms with E-state index in [0.717, 1.165) is 11.8 Å². The lowest BCUT2D eigenvalue weighted by molar-refractivity contribution is -0.118. The Bertz CT molecular complexity index is 1280. The molecule has 1 N–H and O–H groups in total. The smallest absolute Gasteiger partial charge is 0.277 e. The molecule has 9 nitrogen and oxygen atoms in total. The fraction of sp³-hybridized carbons (Fsp3) is 0.217. The quantitative estimate of drug-likeness (QED) is 0.136. The minimum absolute atomic E-state index is 0.00423. The Kier molecular flexibility index (Phi) is 10.6. The number of benzene rings is 2. The van der Waals surface area contributed by atoms with Gasteiger partial charge in [0, 0.05) is 5.02 Å². The van der Waals surface area contributed by atoms with Crippen molar-refractivity contribution in [1.29, 1.82) is 0 Å². The molecule has 0 atom stereocenters. The van der Waals surface area contributed by atoms with Crippen molar-refractivity contribution in [3.05, 3.63) is 56.9 Å². The largest absolute Gasteiger partial charge is 0.490 e. The average Bonchev–Trinajstić information content (AvgIpc) is 3.30. The second-order valence-corrected chi connectivity index (χ2v) is 8.84. The number of nitrogens with zero attached hydrogens (tertiary/aromatic N) is 3. The van der Waals surface area contributed by atoms with E-state index in [-0.39, 0.29) is 36.0 Å². The Balaban J connectivity index is 1.48. The van der Waals surface area contributed by atoms with Crippen LogP contribution in [0.4, 0.5) is 0 Å². The molecule has 0 radical (unpaired) electrons. The highest BCUT2D eigenvalue weighted by Gasteiger charge is 2.13. The zero-order chi connectivity index (χ0) is 25.9. The Morgan fingerprint density at radius 3 is 2.75 bits per heavy atom. The molecule has 3 rings (SSSR count). The molecule has 0 aliphatic heterocycles. The predicted octanol–water partition coefficient (Wildman–Crippen LogP) is 5.26. The molecular weight excluding hydrogens is 551 g/mol. The molecule has 188 valence electrons. The first-order valence-corrected chi connectivity index (χ1v) is 12.4. The van der Waals surface area contributed by atoms with Crippen molar-refractivity contribution in [3.8, 4) is 29.6 Å². The zero-order valence-electron chi connectivity index (χ0n) is 18.8. The number of hydrazone groups is 1. The van der Waals surface area contributed by atoms with Crippen LogP contribution in [0.5, 0.6) is 17.2 Å². The number of nitrogens with one attached hydrogen (secondary N) is 1. The van der Waals surface area contributed by atoms with Gasteiger partial charge in [0.2, 0.25) is 0 Å². The van der Waals surface area contributed by atoms with Gasteiger partial charge in [-0.05, 0) is 42.8 Å². The standard InChI is InChI=1S/C23H19Cl3N4O5S/c1-3-7-33-22-17(26)8-14(9-19(22)32-4-2)11-27-28-20(31)13-36-23-30-29-21(35-23)12-34-18-6-5-15(24)10-16(18)25/h1,5-6,8-11H,4,7,12-13H2,2H3,(H,28,31)/b27-11-. The number of rotatable bonds is 12. The van der Waals surface area contributed by atoms with Gasteiger partial charge in [-0.3, -0.25) is 4.79 Å². The van der Waals surface area contributed by atoms with E-state index >= 15 is 0 Å². The van der Waals surface area contributed by atoms with Crippen molar-refractivity contribution in [1.82, 2.24) is 15.6 Å². The first-order chi connectivity index (χ1) is 17.4. The maximum atomic E-state index is 12.1. The first-order valence-electron chi connectivity index (χ1n) is 10.3. The fourth-order valence-corrected chi connectivity index (χ4v) is 3.91. The minimum Gasteiger partial charge on any atom is -0.490 e. The molecule has 0 fully saturated rings. The van der Waals surface area contributed by atoms with Gasteiger partial charge >= 0.3 is 0 Å². The Labute approximate surface area is 226 Å². The summed E-state index contributed by atoms with van der Waals surface area (Å²) in [5.41, 5.74) is 3.00. The van der Waals surface area contributed by atoms with Crippen LogP contribution in [0.3, 0.4) is 0 Å². The lowest BCUT2D eigenvalue weighted by Crippen LogP contribution is -2.19. The molecule has 1 amide bonds. The van der Waals surface area contributed by atoms with Crippen molar-refractivity contribution in [2.75, 3.05) is 19.0 Å². The number of hydrogen-bond donors (Lipinski definition) is 1. The van der Waals surface area contributed by atoms with Gasteiger partial charge < -0.3 is 18.6 Å². The van der Waals surface area contributed by atoms with E-state index in [1.807, 2.05) is 6.92 Å². The van der Waals surface area contributed by atoms with E-state index in [4.69, 9.17) is 59.9 Å². The molecule has 0 saturated carbocycles. The van der Waals surface area contributed by atoms with Crippen LogP contribution in [0.1, 0.15) is 18.4 Å². The van der Waals surface area contributed by atoms with Gasteiger partial charge in [0.05, 0.1) is 28.6 Å². The monoisotopic (exact) mass is 568 g/mol. The van der Waals surface area contributed by atoms with Gasteiger partial charge in [0.1, 0.15) is 12.4 Å². The van der Waals surface area contributed by atoms with Crippen LogP contribution >= 0.6 is 46.6 Å². The van der Waals surface area contributed by atoms with Crippen molar-refractivity contribution in [2.45, 2.75) is 18.8 Å². The van der Waals surface area contributed by atoms with Crippen LogP contribution in [0.15, 0.2) is 45.1 Å². The van der Waals surface area contributed by atoms with Crippen molar-refractivity contribution >= 4 is 58.7 Å². The molecular formula is C23H19Cl3N4O5S. The summed E-state index contributed by atoms with van der Waals surface area (Å²) in [7, 11) is 0. The SMILES string of the molecule is C#CCOc1c(Cl)cc(/C=N\NC(=O)CSc2nnc(COc3ccc(Cl)cc3Cl)o2)cc1OCC. The van der Waals surface area contributed by atoms with E-state index in [1.54, 1.807) is 30.3 Å². The lowest BCUT2D eigenvalue weighted by atomic mass is 10.2. The molecule has 0 unspecified atom stereocenters. The van der Waals surface area contributed by atoms with E-state index in [9.17, 15) is 4.79 Å². The number of ether oxygens (including phenoxy) is 3. The summed E-state index contributed by atoms with van der Waals surface area (Å²) in [4.78, 5) is 12.1. The molecule has 13 heteroatoms. The molecule has 0 saturated heterocycles. The van der Waals surface area contributed by atoms with Crippen LogP contribution < -0.4 is 19.6 Å². The molecule has 3 aromatic rings. The Morgan fingerprint density at radius 1 is 1.17 bits per heavy atom. The number of hydrogen-bond acceptors (Lipinski definition) is 9. The fourth-order valence-electron chi connectivity index (χ4n) is 2.60. The molecule has 2 aromatic carbocycles. The molecule has 1 heterocycles. The first kappa shape index (κ1) is 27.5. The van der Waals surface area contributed by atoms with Gasteiger partial charge in [-0.1, -0.05) is 52.5 Å². The number of amides is 1. The average molecular weight is 570 g/mol. The number of carbonyl (C=O) groups excluding carboxylic acids is 1. The minimum atomic E-state index is -0.384. The van der Waals surface area contributed by atoms with Crippen molar-refractivity contribution in [3.63, 3.8) is 0 Å². The van der Waals surface area contributed by atoms with E-state index in [2.05, 4.69) is 26.6 Å². The summed E-state index contributed by atoms with van der Waals surface area (Å²) < 4.78 is 22.0. The number of halogens is 3. The van der Waals surface area contributed by atoms with Crippen LogP contribution in [-0.2, 0) is 11.4 Å². The number of thioether (sulfide) groups is 1. The number of terminal acetylenes is 1. The van der Waals surface area contributed by atoms with Crippen LogP contribution in [0.25, 0.3) is 0 Å². The summed E-state index contributed by atoms with van der Waals surface area (Å²) in [6.45, 7) is 2.28. The maximum absolute atomic E-state index is 12.1. The third-order valence-corrected chi connectivity index (χ3v) is 5.68. The van der Waals surface area contributed by atoms with Gasteiger partial charge in [-0.2, -0.15) is 5.10 Å². The highest BCUT2D eigenvalue weighted by molar-refractivity contribution is 7.99. The summed E-state index contributed by atoms with van der Waals surface area (Å²) in [5.74, 6) is 3.39. The van der Waals surface area contributed by atoms with Crippen LogP contribution in [-0.4, -0.2) is 41.3 Å². The van der Waals surface area contributed by atoms with E-state index < -0.39 is 0 Å². The maximum Gasteiger partial charge on any atom is 0.277 e. The number of aromatic nitrogens is 2. The number of carbonyl (C=O) groups is 1. The normalized spacial score (nSPS) is 10.8. The second kappa shape index (κ2) is 13.8. The van der Waals surface area contributed by atoms with Crippen molar-refractivity contribution < 1.29 is 23.4 Å². The van der Waals surface area contributed by atoms with Crippen LogP contribution in [0.2, 0.25) is 15.1 Å². The highest BCUT2D eigenvalue weighted by Crippen LogP contribution is 2.36. The predicted molar refractivity (Wildman–Crippen MR) is 139 cm³/mol. The van der Waals surface area contributed by atoms with Gasteiger partial charge in [0.15, 0.2) is 18.1 Å². The third kappa shape index (κ3) is 8.24. The van der Waals surface area contributed by atoms with Crippen molar-refractivity contribution in [2.24, 2.45) is 5.10 Å². The molecule has 1 aromatic heterocycles. The topological polar surface area (TPSA) is 108 Å². The molecule has 0 spiro atoms. The molecule has 0 bridgehead atoms. The zero-order valence-corrected chi connectivity index (χ0v) is 21.9. The Hall–Kier alpha value is -3.10. The molecule has 0 aliphatic rings. The molecule has 36 heavy (non-hydrogen) atoms. The third-order valence-electron chi connectivity index (χ3n) is 4.05. The summed E-state index contributed by atoms with van der Waals surface area (Å²) in [5, 5.41) is 13.0. The Morgan fingerprint density at radius 2 is 2.00 bits per heavy atom. The van der Waals surface area contributed by atoms with E-state index in [0.29, 0.717) is 44.5 Å². The van der Waals surface area contributed by atoms with E-state index in [1.165, 1.54) is 6.21 Å². The van der Waals surface area contributed by atoms with Gasteiger partial charge in [-0.25, -0.2) is 5.43 Å². The summed E-state index contributed by atoms with van der Waals surface area (Å²) in [6, 6.07) is 8.13. The van der Waals surface area contributed by atoms with Crippen LogP contribution in [0, 0.1) is 12.3 Å². The second-order valence-electron chi connectivity index (χ2n) is 6.66.